The van der Waals surface area contributed by atoms with Crippen LogP contribution in [0.1, 0.15) is 85.3 Å². The highest BCUT2D eigenvalue weighted by Crippen LogP contribution is 2.38. The lowest BCUT2D eigenvalue weighted by Gasteiger charge is -2.38. The fourth-order valence-corrected chi connectivity index (χ4v) is 5.25. The number of hydrogen-bond acceptors (Lipinski definition) is 8. The van der Waals surface area contributed by atoms with Gasteiger partial charge in [-0.25, -0.2) is 9.59 Å². The molecule has 0 spiro atoms. The zero-order valence-electron chi connectivity index (χ0n) is 22.2. The second kappa shape index (κ2) is 13.6. The van der Waals surface area contributed by atoms with Crippen LogP contribution in [0.15, 0.2) is 16.4 Å². The molecule has 0 saturated heterocycles. The third-order valence-electron chi connectivity index (χ3n) is 7.04. The number of unbranched alkanes of at least 4 members (excludes halogenated alkanes) is 3. The molecule has 1 aliphatic heterocycles. The molecule has 2 heterocycles. The molecule has 0 aromatic carbocycles. The topological polar surface area (TPSA) is 105 Å². The molecule has 1 fully saturated rings. The maximum atomic E-state index is 12.7. The Balaban J connectivity index is 1.54. The molecule has 2 aliphatic rings. The molecule has 1 saturated carbocycles. The van der Waals surface area contributed by atoms with Gasteiger partial charge in [-0.3, -0.25) is 4.68 Å². The maximum absolute atomic E-state index is 12.7. The molecule has 0 unspecified atom stereocenters. The minimum absolute atomic E-state index is 0.0198. The number of carbonyl (C=O) groups is 2. The Morgan fingerprint density at radius 3 is 2.78 bits per heavy atom. The van der Waals surface area contributed by atoms with E-state index in [4.69, 9.17) is 14.2 Å². The summed E-state index contributed by atoms with van der Waals surface area (Å²) in [7, 11) is 0. The maximum Gasteiger partial charge on any atom is 0.349 e. The minimum atomic E-state index is -0.883. The lowest BCUT2D eigenvalue weighted by molar-refractivity contribution is -0.182. The highest BCUT2D eigenvalue weighted by Gasteiger charge is 2.40. The summed E-state index contributed by atoms with van der Waals surface area (Å²) in [5.74, 6) is 0.428. The van der Waals surface area contributed by atoms with Gasteiger partial charge in [0.15, 0.2) is 0 Å². The van der Waals surface area contributed by atoms with Crippen LogP contribution in [0.2, 0.25) is 0 Å². The van der Waals surface area contributed by atoms with Crippen molar-refractivity contribution in [3.63, 3.8) is 0 Å². The summed E-state index contributed by atoms with van der Waals surface area (Å²) in [6.45, 7) is 11.3. The molecule has 1 aliphatic carbocycles. The molecule has 1 aromatic heterocycles. The van der Waals surface area contributed by atoms with Crippen LogP contribution in [-0.4, -0.2) is 45.4 Å². The van der Waals surface area contributed by atoms with Crippen molar-refractivity contribution in [2.45, 2.75) is 111 Å². The average Bonchev–Trinajstić information content (AvgIpc) is 3.39. The Kier molecular flexibility index (Phi) is 10.8. The Hall–Kier alpha value is -1.94. The first kappa shape index (κ1) is 28.6. The van der Waals surface area contributed by atoms with Crippen molar-refractivity contribution in [1.29, 1.82) is 0 Å². The quantitative estimate of drug-likeness (QED) is 0.266. The van der Waals surface area contributed by atoms with Gasteiger partial charge < -0.3 is 19.5 Å². The van der Waals surface area contributed by atoms with Gasteiger partial charge in [-0.15, -0.1) is 5.10 Å². The number of carbonyl (C=O) groups excluding carboxylic acids is 2. The summed E-state index contributed by atoms with van der Waals surface area (Å²) in [6, 6.07) is -0.719. The van der Waals surface area contributed by atoms with Gasteiger partial charge in [-0.2, -0.15) is 0 Å². The predicted molar refractivity (Wildman–Crippen MR) is 139 cm³/mol. The van der Waals surface area contributed by atoms with E-state index in [-0.39, 0.29) is 17.2 Å². The van der Waals surface area contributed by atoms with Crippen LogP contribution < -0.4 is 5.32 Å². The molecule has 0 bridgehead atoms. The number of nitrogens with zero attached hydrogens (tertiary/aromatic N) is 3. The molecule has 0 radical (unpaired) electrons. The van der Waals surface area contributed by atoms with Crippen LogP contribution in [0.5, 0.6) is 0 Å². The number of ether oxygens (including phenoxy) is 3. The van der Waals surface area contributed by atoms with E-state index in [1.165, 1.54) is 19.3 Å². The minimum Gasteiger partial charge on any atom is -0.458 e. The summed E-state index contributed by atoms with van der Waals surface area (Å²) < 4.78 is 19.3. The summed E-state index contributed by atoms with van der Waals surface area (Å²) in [5, 5.41) is 11.3. The van der Waals surface area contributed by atoms with E-state index < -0.39 is 24.3 Å². The molecule has 5 atom stereocenters. The Morgan fingerprint density at radius 1 is 1.28 bits per heavy atom. The van der Waals surface area contributed by atoms with Crippen LogP contribution in [0.25, 0.3) is 0 Å². The number of hydrogen-bond donors (Lipinski definition) is 1. The van der Waals surface area contributed by atoms with Gasteiger partial charge in [-0.05, 0) is 59.9 Å². The largest absolute Gasteiger partial charge is 0.458 e. The molecule has 202 valence electrons. The van der Waals surface area contributed by atoms with E-state index in [1.54, 1.807) is 17.8 Å². The van der Waals surface area contributed by atoms with Crippen molar-refractivity contribution in [2.75, 3.05) is 0 Å². The number of aryl methyl sites for hydroxylation is 1. The molecule has 36 heavy (non-hydrogen) atoms. The number of esters is 2. The third-order valence-corrected chi connectivity index (χ3v) is 7.79. The number of cyclic esters (lactones) is 1. The Labute approximate surface area is 222 Å². The van der Waals surface area contributed by atoms with Crippen molar-refractivity contribution in [2.24, 2.45) is 17.8 Å². The number of halogens is 1. The van der Waals surface area contributed by atoms with Gasteiger partial charge in [0.2, 0.25) is 6.29 Å². The van der Waals surface area contributed by atoms with Crippen molar-refractivity contribution in [1.82, 2.24) is 20.3 Å². The second-order valence-corrected chi connectivity index (χ2v) is 11.3. The standard InChI is InChI=1S/C26H41BrN4O5/c1-6-7-8-9-12-31-14-19(29-30-31)15-34-24(32)18(5)28-23-22(27)25(33)36-26(23)35-21-13-17(4)10-11-20(21)16(2)3/h14,16-18,20-21,26,28H,6-13,15H2,1-5H3/t17-,18+,20+,21-,26+/m1/s1. The smallest absolute Gasteiger partial charge is 0.349 e. The molecular formula is C26H41BrN4O5. The normalized spacial score (nSPS) is 25.2. The van der Waals surface area contributed by atoms with Crippen molar-refractivity contribution >= 4 is 27.9 Å². The molecule has 10 heteroatoms. The monoisotopic (exact) mass is 568 g/mol. The Morgan fingerprint density at radius 2 is 2.06 bits per heavy atom. The predicted octanol–water partition coefficient (Wildman–Crippen LogP) is 4.85. The van der Waals surface area contributed by atoms with Gasteiger partial charge in [0, 0.05) is 6.54 Å². The highest BCUT2D eigenvalue weighted by molar-refractivity contribution is 9.12. The molecule has 1 aromatic rings. The zero-order valence-corrected chi connectivity index (χ0v) is 23.8. The summed E-state index contributed by atoms with van der Waals surface area (Å²) >= 11 is 3.31. The van der Waals surface area contributed by atoms with Crippen molar-refractivity contribution in [3.8, 4) is 0 Å². The van der Waals surface area contributed by atoms with E-state index in [0.717, 1.165) is 32.2 Å². The Bertz CT molecular complexity index is 918. The first-order valence-electron chi connectivity index (χ1n) is 13.3. The highest BCUT2D eigenvalue weighted by atomic mass is 79.9. The van der Waals surface area contributed by atoms with Gasteiger partial charge in [0.05, 0.1) is 12.3 Å². The first-order valence-corrected chi connectivity index (χ1v) is 14.1. The van der Waals surface area contributed by atoms with Crippen molar-refractivity contribution in [3.05, 3.63) is 22.1 Å². The fourth-order valence-electron chi connectivity index (χ4n) is 4.86. The molecule has 0 amide bonds. The van der Waals surface area contributed by atoms with Crippen LogP contribution >= 0.6 is 15.9 Å². The van der Waals surface area contributed by atoms with Crippen LogP contribution in [-0.2, 0) is 37.0 Å². The summed E-state index contributed by atoms with van der Waals surface area (Å²) in [6.07, 6.45) is 8.67. The third kappa shape index (κ3) is 7.78. The molecular weight excluding hydrogens is 528 g/mol. The van der Waals surface area contributed by atoms with E-state index in [9.17, 15) is 9.59 Å². The molecule has 1 N–H and O–H groups in total. The fraction of sp³-hybridized carbons (Fsp3) is 0.769. The number of aromatic nitrogens is 3. The lowest BCUT2D eigenvalue weighted by Crippen LogP contribution is -2.42. The second-order valence-electron chi connectivity index (χ2n) is 10.5. The SMILES string of the molecule is CCCCCCn1cc(COC(=O)[C@H](C)NC2=C(Br)C(=O)O[C@@H]2O[C@@H]2C[C@H](C)CC[C@H]2C(C)C)nn1. The van der Waals surface area contributed by atoms with E-state index in [0.29, 0.717) is 29.1 Å². The van der Waals surface area contributed by atoms with E-state index in [2.05, 4.69) is 59.3 Å². The zero-order chi connectivity index (χ0) is 26.2. The summed E-state index contributed by atoms with van der Waals surface area (Å²) in [5.41, 5.74) is 1.02. The number of rotatable bonds is 13. The van der Waals surface area contributed by atoms with Gasteiger partial charge >= 0.3 is 11.9 Å². The van der Waals surface area contributed by atoms with E-state index >= 15 is 0 Å². The summed E-state index contributed by atoms with van der Waals surface area (Å²) in [4.78, 5) is 25.0. The average molecular weight is 570 g/mol. The van der Waals surface area contributed by atoms with Gasteiger partial charge in [0.25, 0.3) is 0 Å². The van der Waals surface area contributed by atoms with Crippen LogP contribution in [0.3, 0.4) is 0 Å². The van der Waals surface area contributed by atoms with Crippen LogP contribution in [0.4, 0.5) is 0 Å². The molecule has 3 rings (SSSR count). The molecule has 9 nitrogen and oxygen atoms in total. The first-order chi connectivity index (χ1) is 17.2. The number of nitrogens with one attached hydrogen (secondary N) is 1. The lowest BCUT2D eigenvalue weighted by atomic mass is 9.75. The van der Waals surface area contributed by atoms with Crippen LogP contribution in [0, 0.1) is 17.8 Å². The van der Waals surface area contributed by atoms with Gasteiger partial charge in [-0.1, -0.05) is 58.6 Å². The van der Waals surface area contributed by atoms with Gasteiger partial charge in [0.1, 0.15) is 28.5 Å². The van der Waals surface area contributed by atoms with E-state index in [1.807, 2.05) is 0 Å². The van der Waals surface area contributed by atoms with Crippen molar-refractivity contribution < 1.29 is 23.8 Å².